The van der Waals surface area contributed by atoms with Crippen LogP contribution >= 0.6 is 0 Å². The molecule has 158 valence electrons. The number of sulfonamides is 1. The Balaban J connectivity index is 1.32. The zero-order valence-electron chi connectivity index (χ0n) is 16.3. The predicted octanol–water partition coefficient (Wildman–Crippen LogP) is 2.07. The molecule has 0 radical (unpaired) electrons. The van der Waals surface area contributed by atoms with E-state index in [-0.39, 0.29) is 17.6 Å². The Bertz CT molecular complexity index is 1060. The van der Waals surface area contributed by atoms with Gasteiger partial charge in [-0.05, 0) is 30.3 Å². The molecule has 2 fully saturated rings. The van der Waals surface area contributed by atoms with Crippen LogP contribution in [0.4, 0.5) is 0 Å². The topological polar surface area (TPSA) is 85.4 Å². The molecule has 0 atom stereocenters. The molecule has 0 aliphatic carbocycles. The molecule has 9 heteroatoms. The second-order valence-electron chi connectivity index (χ2n) is 7.55. The summed E-state index contributed by atoms with van der Waals surface area (Å²) in [7, 11) is -3.67. The summed E-state index contributed by atoms with van der Waals surface area (Å²) in [6.45, 7) is 1.64. The van der Waals surface area contributed by atoms with Crippen molar-refractivity contribution in [1.29, 1.82) is 0 Å². The number of hydrogen-bond acceptors (Lipinski definition) is 6. The average Bonchev–Trinajstić information content (AvgIpc) is 3.41. The first-order chi connectivity index (χ1) is 14.5. The molecular formula is C21H22N2O6S. The second kappa shape index (κ2) is 7.26. The van der Waals surface area contributed by atoms with E-state index >= 15 is 0 Å². The number of hydrogen-bond donors (Lipinski definition) is 0. The molecule has 2 aromatic carbocycles. The van der Waals surface area contributed by atoms with Crippen LogP contribution in [0, 0.1) is 0 Å². The van der Waals surface area contributed by atoms with Crippen molar-refractivity contribution in [1.82, 2.24) is 9.21 Å². The Hall–Kier alpha value is -2.62. The number of benzene rings is 2. The molecule has 3 heterocycles. The predicted molar refractivity (Wildman–Crippen MR) is 107 cm³/mol. The van der Waals surface area contributed by atoms with Gasteiger partial charge in [0, 0.05) is 38.0 Å². The fraction of sp³-hybridized carbons (Fsp3) is 0.381. The SMILES string of the molecule is O=C(c1ccc2c(c1)OCO2)N1CCC2(CC1)OCCN2S(=O)(=O)c1ccccc1. The van der Waals surface area contributed by atoms with E-state index in [4.69, 9.17) is 14.2 Å². The number of fused-ring (bicyclic) bond motifs is 1. The molecule has 1 amide bonds. The van der Waals surface area contributed by atoms with Crippen molar-refractivity contribution in [3.05, 3.63) is 54.1 Å². The maximum Gasteiger partial charge on any atom is 0.253 e. The van der Waals surface area contributed by atoms with Gasteiger partial charge in [0.05, 0.1) is 11.5 Å². The summed E-state index contributed by atoms with van der Waals surface area (Å²) in [6.07, 6.45) is 0.852. The largest absolute Gasteiger partial charge is 0.454 e. The third-order valence-electron chi connectivity index (χ3n) is 5.90. The number of carbonyl (C=O) groups excluding carboxylic acids is 1. The number of carbonyl (C=O) groups is 1. The Morgan fingerprint density at radius 1 is 0.933 bits per heavy atom. The van der Waals surface area contributed by atoms with Crippen LogP contribution in [0.25, 0.3) is 0 Å². The maximum atomic E-state index is 13.2. The summed E-state index contributed by atoms with van der Waals surface area (Å²) < 4.78 is 44.5. The Kier molecular flexibility index (Phi) is 4.68. The van der Waals surface area contributed by atoms with Gasteiger partial charge < -0.3 is 19.1 Å². The van der Waals surface area contributed by atoms with Crippen molar-refractivity contribution >= 4 is 15.9 Å². The van der Waals surface area contributed by atoms with E-state index in [1.807, 2.05) is 0 Å². The van der Waals surface area contributed by atoms with E-state index in [1.54, 1.807) is 53.4 Å². The molecule has 0 saturated carbocycles. The van der Waals surface area contributed by atoms with Crippen LogP contribution in [-0.4, -0.2) is 62.3 Å². The van der Waals surface area contributed by atoms with Crippen molar-refractivity contribution in [3.8, 4) is 11.5 Å². The number of nitrogens with zero attached hydrogens (tertiary/aromatic N) is 2. The van der Waals surface area contributed by atoms with Gasteiger partial charge in [0.2, 0.25) is 16.8 Å². The normalized spacial score (nSPS) is 20.6. The Labute approximate surface area is 175 Å². The first-order valence-electron chi connectivity index (χ1n) is 9.90. The van der Waals surface area contributed by atoms with Gasteiger partial charge in [-0.3, -0.25) is 4.79 Å². The van der Waals surface area contributed by atoms with Crippen LogP contribution in [0.3, 0.4) is 0 Å². The van der Waals surface area contributed by atoms with Crippen LogP contribution in [0.5, 0.6) is 11.5 Å². The minimum atomic E-state index is -3.67. The quantitative estimate of drug-likeness (QED) is 0.741. The minimum Gasteiger partial charge on any atom is -0.454 e. The first-order valence-corrected chi connectivity index (χ1v) is 11.3. The van der Waals surface area contributed by atoms with E-state index in [0.29, 0.717) is 56.1 Å². The van der Waals surface area contributed by atoms with E-state index < -0.39 is 15.7 Å². The number of likely N-dealkylation sites (tertiary alicyclic amines) is 1. The molecule has 0 N–H and O–H groups in total. The summed E-state index contributed by atoms with van der Waals surface area (Å²) in [5.74, 6) is 1.08. The zero-order chi connectivity index (χ0) is 20.8. The van der Waals surface area contributed by atoms with Crippen LogP contribution < -0.4 is 9.47 Å². The lowest BCUT2D eigenvalue weighted by molar-refractivity contribution is -0.0857. The molecule has 0 aromatic heterocycles. The van der Waals surface area contributed by atoms with Crippen LogP contribution in [0.2, 0.25) is 0 Å². The molecule has 30 heavy (non-hydrogen) atoms. The van der Waals surface area contributed by atoms with Gasteiger partial charge in [-0.15, -0.1) is 0 Å². The summed E-state index contributed by atoms with van der Waals surface area (Å²) in [4.78, 5) is 15.0. The van der Waals surface area contributed by atoms with Crippen molar-refractivity contribution in [2.45, 2.75) is 23.5 Å². The van der Waals surface area contributed by atoms with Gasteiger partial charge in [-0.25, -0.2) is 8.42 Å². The summed E-state index contributed by atoms with van der Waals surface area (Å²) in [5.41, 5.74) is -0.378. The smallest absolute Gasteiger partial charge is 0.253 e. The summed E-state index contributed by atoms with van der Waals surface area (Å²) in [6, 6.07) is 13.5. The van der Waals surface area contributed by atoms with Gasteiger partial charge in [0.15, 0.2) is 11.5 Å². The van der Waals surface area contributed by atoms with E-state index in [0.717, 1.165) is 0 Å². The molecule has 2 aromatic rings. The number of piperidine rings is 1. The van der Waals surface area contributed by atoms with Gasteiger partial charge in [0.1, 0.15) is 5.72 Å². The van der Waals surface area contributed by atoms with Crippen molar-refractivity contribution in [2.75, 3.05) is 33.0 Å². The summed E-state index contributed by atoms with van der Waals surface area (Å²) >= 11 is 0. The van der Waals surface area contributed by atoms with Crippen LogP contribution in [0.15, 0.2) is 53.4 Å². The summed E-state index contributed by atoms with van der Waals surface area (Å²) in [5, 5.41) is 0. The highest BCUT2D eigenvalue weighted by Crippen LogP contribution is 2.39. The van der Waals surface area contributed by atoms with Crippen molar-refractivity contribution < 1.29 is 27.4 Å². The molecule has 8 nitrogen and oxygen atoms in total. The van der Waals surface area contributed by atoms with Crippen LogP contribution in [-0.2, 0) is 14.8 Å². The third kappa shape index (κ3) is 3.13. The Morgan fingerprint density at radius 3 is 2.43 bits per heavy atom. The molecular weight excluding hydrogens is 408 g/mol. The molecule has 1 spiro atoms. The standard InChI is InChI=1S/C21H22N2O6S/c24-20(16-6-7-18-19(14-16)28-15-27-18)22-10-8-21(9-11-22)23(12-13-29-21)30(25,26)17-4-2-1-3-5-17/h1-7,14H,8-13,15H2. The minimum absolute atomic E-state index is 0.112. The highest BCUT2D eigenvalue weighted by atomic mass is 32.2. The average molecular weight is 430 g/mol. The lowest BCUT2D eigenvalue weighted by atomic mass is 10.00. The van der Waals surface area contributed by atoms with Gasteiger partial charge >= 0.3 is 0 Å². The fourth-order valence-electron chi connectivity index (χ4n) is 4.32. The fourth-order valence-corrected chi connectivity index (χ4v) is 6.06. The van der Waals surface area contributed by atoms with E-state index in [1.165, 1.54) is 4.31 Å². The lowest BCUT2D eigenvalue weighted by Gasteiger charge is -2.42. The highest BCUT2D eigenvalue weighted by Gasteiger charge is 2.51. The Morgan fingerprint density at radius 2 is 1.67 bits per heavy atom. The second-order valence-corrected chi connectivity index (χ2v) is 9.41. The third-order valence-corrected chi connectivity index (χ3v) is 7.87. The van der Waals surface area contributed by atoms with E-state index in [2.05, 4.69) is 0 Å². The van der Waals surface area contributed by atoms with Gasteiger partial charge in [0.25, 0.3) is 5.91 Å². The van der Waals surface area contributed by atoms with Gasteiger partial charge in [-0.2, -0.15) is 4.31 Å². The highest BCUT2D eigenvalue weighted by molar-refractivity contribution is 7.89. The molecule has 3 aliphatic rings. The van der Waals surface area contributed by atoms with E-state index in [9.17, 15) is 13.2 Å². The molecule has 5 rings (SSSR count). The first kappa shape index (κ1) is 19.3. The number of amides is 1. The molecule has 0 bridgehead atoms. The lowest BCUT2D eigenvalue weighted by Crippen LogP contribution is -2.55. The van der Waals surface area contributed by atoms with Crippen LogP contribution in [0.1, 0.15) is 23.2 Å². The number of ether oxygens (including phenoxy) is 3. The molecule has 3 aliphatic heterocycles. The van der Waals surface area contributed by atoms with Crippen molar-refractivity contribution in [3.63, 3.8) is 0 Å². The van der Waals surface area contributed by atoms with Gasteiger partial charge in [-0.1, -0.05) is 18.2 Å². The number of rotatable bonds is 3. The molecule has 2 saturated heterocycles. The zero-order valence-corrected chi connectivity index (χ0v) is 17.1. The molecule has 0 unspecified atom stereocenters. The van der Waals surface area contributed by atoms with Crippen molar-refractivity contribution in [2.24, 2.45) is 0 Å². The maximum absolute atomic E-state index is 13.2. The monoisotopic (exact) mass is 430 g/mol.